The van der Waals surface area contributed by atoms with E-state index in [0.717, 1.165) is 5.56 Å². The number of nitrogens with zero attached hydrogens (tertiary/aromatic N) is 3. The standard InChI is InChI=1S/C18H27N3O2S/c1-7-20(8-2)24(22,23)18-15(5)19-21(16(18)6)12-17-11-13(3)9-10-14(17)4/h9-11H,7-8,12H2,1-6H3. The lowest BCUT2D eigenvalue weighted by atomic mass is 10.1. The Balaban J connectivity index is 2.48. The Kier molecular flexibility index (Phi) is 5.50. The molecule has 1 aromatic carbocycles. The van der Waals surface area contributed by atoms with E-state index in [1.807, 2.05) is 20.8 Å². The fourth-order valence-electron chi connectivity index (χ4n) is 3.03. The van der Waals surface area contributed by atoms with Gasteiger partial charge in [0.25, 0.3) is 0 Å². The van der Waals surface area contributed by atoms with Crippen LogP contribution in [0.25, 0.3) is 0 Å². The first-order chi connectivity index (χ1) is 11.2. The predicted molar refractivity (Wildman–Crippen MR) is 96.8 cm³/mol. The third-order valence-corrected chi connectivity index (χ3v) is 6.75. The van der Waals surface area contributed by atoms with Crippen molar-refractivity contribution in [1.82, 2.24) is 14.1 Å². The number of sulfonamides is 1. The molecule has 0 N–H and O–H groups in total. The predicted octanol–water partition coefficient (Wildman–Crippen LogP) is 3.20. The van der Waals surface area contributed by atoms with E-state index in [4.69, 9.17) is 0 Å². The van der Waals surface area contributed by atoms with Gasteiger partial charge in [-0.25, -0.2) is 8.42 Å². The molecule has 24 heavy (non-hydrogen) atoms. The quantitative estimate of drug-likeness (QED) is 0.805. The largest absolute Gasteiger partial charge is 0.264 e. The molecule has 0 unspecified atom stereocenters. The molecule has 0 spiro atoms. The number of rotatable bonds is 6. The maximum atomic E-state index is 12.9. The molecule has 1 heterocycles. The van der Waals surface area contributed by atoms with Crippen LogP contribution in [-0.2, 0) is 16.6 Å². The van der Waals surface area contributed by atoms with E-state index in [9.17, 15) is 8.42 Å². The highest BCUT2D eigenvalue weighted by molar-refractivity contribution is 7.89. The second kappa shape index (κ2) is 7.07. The number of hydrogen-bond donors (Lipinski definition) is 0. The lowest BCUT2D eigenvalue weighted by Crippen LogP contribution is -2.31. The van der Waals surface area contributed by atoms with E-state index in [0.29, 0.717) is 35.9 Å². The number of benzene rings is 1. The Bertz CT molecular complexity index is 834. The Labute approximate surface area is 145 Å². The minimum absolute atomic E-state index is 0.344. The van der Waals surface area contributed by atoms with Gasteiger partial charge in [-0.3, -0.25) is 4.68 Å². The van der Waals surface area contributed by atoms with Crippen molar-refractivity contribution < 1.29 is 8.42 Å². The summed E-state index contributed by atoms with van der Waals surface area (Å²) >= 11 is 0. The Morgan fingerprint density at radius 1 is 1.08 bits per heavy atom. The highest BCUT2D eigenvalue weighted by Crippen LogP contribution is 2.24. The number of aromatic nitrogens is 2. The van der Waals surface area contributed by atoms with Crippen molar-refractivity contribution in [3.63, 3.8) is 0 Å². The zero-order chi connectivity index (χ0) is 18.1. The minimum Gasteiger partial charge on any atom is -0.264 e. The molecule has 0 saturated carbocycles. The highest BCUT2D eigenvalue weighted by atomic mass is 32.2. The lowest BCUT2D eigenvalue weighted by molar-refractivity contribution is 0.444. The summed E-state index contributed by atoms with van der Waals surface area (Å²) in [5, 5.41) is 4.50. The molecule has 5 nitrogen and oxygen atoms in total. The summed E-state index contributed by atoms with van der Waals surface area (Å²) in [4.78, 5) is 0.344. The summed E-state index contributed by atoms with van der Waals surface area (Å²) in [5.41, 5.74) is 4.78. The van der Waals surface area contributed by atoms with Crippen molar-refractivity contribution in [2.24, 2.45) is 0 Å². The van der Waals surface area contributed by atoms with Gasteiger partial charge in [0.15, 0.2) is 0 Å². The average Bonchev–Trinajstić information content (AvgIpc) is 2.78. The molecule has 6 heteroatoms. The van der Waals surface area contributed by atoms with Crippen LogP contribution in [0.1, 0.15) is 41.9 Å². The van der Waals surface area contributed by atoms with Gasteiger partial charge in [0.2, 0.25) is 10.0 Å². The maximum Gasteiger partial charge on any atom is 0.246 e. The van der Waals surface area contributed by atoms with E-state index >= 15 is 0 Å². The van der Waals surface area contributed by atoms with E-state index in [1.54, 1.807) is 11.6 Å². The maximum absolute atomic E-state index is 12.9. The Morgan fingerprint density at radius 3 is 2.29 bits per heavy atom. The molecule has 0 fully saturated rings. The van der Waals surface area contributed by atoms with Crippen molar-refractivity contribution in [2.45, 2.75) is 53.0 Å². The SMILES string of the molecule is CCN(CC)S(=O)(=O)c1c(C)nn(Cc2cc(C)ccc2C)c1C. The van der Waals surface area contributed by atoms with E-state index in [1.165, 1.54) is 15.4 Å². The molecule has 0 aliphatic heterocycles. The first-order valence-electron chi connectivity index (χ1n) is 8.32. The van der Waals surface area contributed by atoms with E-state index in [-0.39, 0.29) is 0 Å². The number of hydrogen-bond acceptors (Lipinski definition) is 3. The van der Waals surface area contributed by atoms with Crippen LogP contribution in [0, 0.1) is 27.7 Å². The van der Waals surface area contributed by atoms with Gasteiger partial charge in [-0.2, -0.15) is 9.40 Å². The fraction of sp³-hybridized carbons (Fsp3) is 0.500. The van der Waals surface area contributed by atoms with Gasteiger partial charge in [-0.05, 0) is 38.8 Å². The average molecular weight is 350 g/mol. The summed E-state index contributed by atoms with van der Waals surface area (Å²) in [6.07, 6.45) is 0. The molecule has 0 radical (unpaired) electrons. The van der Waals surface area contributed by atoms with Crippen LogP contribution in [0.3, 0.4) is 0 Å². The first kappa shape index (κ1) is 18.7. The second-order valence-corrected chi connectivity index (χ2v) is 8.05. The summed E-state index contributed by atoms with van der Waals surface area (Å²) in [5.74, 6) is 0. The van der Waals surface area contributed by atoms with Gasteiger partial charge in [0, 0.05) is 13.1 Å². The van der Waals surface area contributed by atoms with Crippen LogP contribution in [0.5, 0.6) is 0 Å². The van der Waals surface area contributed by atoms with Crippen LogP contribution >= 0.6 is 0 Å². The lowest BCUT2D eigenvalue weighted by Gasteiger charge is -2.18. The molecule has 0 saturated heterocycles. The Morgan fingerprint density at radius 2 is 1.71 bits per heavy atom. The highest BCUT2D eigenvalue weighted by Gasteiger charge is 2.29. The third-order valence-electron chi connectivity index (χ3n) is 4.44. The summed E-state index contributed by atoms with van der Waals surface area (Å²) in [6.45, 7) is 12.9. The van der Waals surface area contributed by atoms with Crippen LogP contribution < -0.4 is 0 Å². The molecule has 0 amide bonds. The van der Waals surface area contributed by atoms with Gasteiger partial charge >= 0.3 is 0 Å². The Hall–Kier alpha value is -1.66. The molecule has 0 bridgehead atoms. The zero-order valence-electron chi connectivity index (χ0n) is 15.4. The molecule has 132 valence electrons. The van der Waals surface area contributed by atoms with Gasteiger partial charge < -0.3 is 0 Å². The van der Waals surface area contributed by atoms with Crippen molar-refractivity contribution in [3.05, 3.63) is 46.3 Å². The topological polar surface area (TPSA) is 55.2 Å². The van der Waals surface area contributed by atoms with Gasteiger partial charge in [-0.1, -0.05) is 37.6 Å². The van der Waals surface area contributed by atoms with E-state index < -0.39 is 10.0 Å². The number of aryl methyl sites for hydroxylation is 3. The molecule has 0 aliphatic rings. The van der Waals surface area contributed by atoms with Gasteiger partial charge in [-0.15, -0.1) is 0 Å². The van der Waals surface area contributed by atoms with Crippen LogP contribution in [0.4, 0.5) is 0 Å². The minimum atomic E-state index is -3.50. The molecule has 0 aliphatic carbocycles. The van der Waals surface area contributed by atoms with Crippen molar-refractivity contribution in [3.8, 4) is 0 Å². The van der Waals surface area contributed by atoms with Crippen LogP contribution in [0.2, 0.25) is 0 Å². The molecule has 2 rings (SSSR count). The van der Waals surface area contributed by atoms with Crippen molar-refractivity contribution in [2.75, 3.05) is 13.1 Å². The first-order valence-corrected chi connectivity index (χ1v) is 9.76. The van der Waals surface area contributed by atoms with E-state index in [2.05, 4.69) is 37.1 Å². The molecule has 1 aromatic heterocycles. The fourth-order valence-corrected chi connectivity index (χ4v) is 4.86. The normalized spacial score (nSPS) is 12.1. The molecular weight excluding hydrogens is 322 g/mol. The monoisotopic (exact) mass is 349 g/mol. The summed E-state index contributed by atoms with van der Waals surface area (Å²) in [7, 11) is -3.50. The van der Waals surface area contributed by atoms with Crippen LogP contribution in [-0.4, -0.2) is 35.6 Å². The summed E-state index contributed by atoms with van der Waals surface area (Å²) in [6, 6.07) is 6.30. The molecule has 2 aromatic rings. The zero-order valence-corrected chi connectivity index (χ0v) is 16.2. The molecule has 0 atom stereocenters. The smallest absolute Gasteiger partial charge is 0.246 e. The van der Waals surface area contributed by atoms with Gasteiger partial charge in [0.05, 0.1) is 17.9 Å². The van der Waals surface area contributed by atoms with Crippen molar-refractivity contribution >= 4 is 10.0 Å². The van der Waals surface area contributed by atoms with Crippen molar-refractivity contribution in [1.29, 1.82) is 0 Å². The van der Waals surface area contributed by atoms with Gasteiger partial charge in [0.1, 0.15) is 4.90 Å². The third kappa shape index (κ3) is 3.39. The summed E-state index contributed by atoms with van der Waals surface area (Å²) < 4.78 is 29.1. The second-order valence-electron chi connectivity index (χ2n) is 6.18. The van der Waals surface area contributed by atoms with Crippen LogP contribution in [0.15, 0.2) is 23.1 Å². The molecular formula is C18H27N3O2S.